The van der Waals surface area contributed by atoms with Crippen LogP contribution in [0.15, 0.2) is 16.9 Å². The Labute approximate surface area is 142 Å². The summed E-state index contributed by atoms with van der Waals surface area (Å²) >= 11 is 0. The number of piperidine rings is 1. The molecule has 2 rings (SSSR count). The van der Waals surface area contributed by atoms with Crippen LogP contribution in [0.5, 0.6) is 0 Å². The van der Waals surface area contributed by atoms with Crippen LogP contribution in [-0.4, -0.2) is 46.8 Å². The van der Waals surface area contributed by atoms with E-state index in [0.717, 1.165) is 6.42 Å². The number of carbonyl (C=O) groups excluding carboxylic acids is 2. The number of carbonyl (C=O) groups is 2. The number of amides is 2. The van der Waals surface area contributed by atoms with Gasteiger partial charge >= 0.3 is 6.09 Å². The molecular weight excluding hydrogens is 310 g/mol. The normalized spacial score (nSPS) is 24.5. The van der Waals surface area contributed by atoms with Crippen LogP contribution >= 0.6 is 0 Å². The van der Waals surface area contributed by atoms with Gasteiger partial charge in [0.1, 0.15) is 11.9 Å². The fourth-order valence-electron chi connectivity index (χ4n) is 3.02. The van der Waals surface area contributed by atoms with Crippen LogP contribution in [-0.2, 0) is 4.74 Å². The minimum atomic E-state index is -0.522. The molecule has 7 nitrogen and oxygen atoms in total. The Morgan fingerprint density at radius 1 is 1.42 bits per heavy atom. The molecule has 1 fully saturated rings. The Hall–Kier alpha value is -2.05. The maximum Gasteiger partial charge on any atom is 0.407 e. The molecule has 2 amide bonds. The molecule has 1 aliphatic heterocycles. The highest BCUT2D eigenvalue weighted by molar-refractivity contribution is 5.92. The number of hydrogen-bond acceptors (Lipinski definition) is 5. The third-order valence-corrected chi connectivity index (χ3v) is 4.31. The molecule has 0 spiro atoms. The van der Waals surface area contributed by atoms with Gasteiger partial charge in [-0.25, -0.2) is 4.79 Å². The Bertz CT molecular complexity index is 565. The van der Waals surface area contributed by atoms with Gasteiger partial charge in [-0.1, -0.05) is 12.1 Å². The van der Waals surface area contributed by atoms with Gasteiger partial charge in [-0.05, 0) is 46.0 Å². The summed E-state index contributed by atoms with van der Waals surface area (Å²) in [5, 5.41) is 6.54. The van der Waals surface area contributed by atoms with Gasteiger partial charge in [-0.3, -0.25) is 4.79 Å². The van der Waals surface area contributed by atoms with E-state index < -0.39 is 11.7 Å². The molecule has 0 aromatic carbocycles. The van der Waals surface area contributed by atoms with Crippen LogP contribution in [0.25, 0.3) is 0 Å². The Morgan fingerprint density at radius 3 is 2.71 bits per heavy atom. The van der Waals surface area contributed by atoms with E-state index in [2.05, 4.69) is 17.4 Å². The lowest BCUT2D eigenvalue weighted by Gasteiger charge is -2.41. The van der Waals surface area contributed by atoms with Gasteiger partial charge in [-0.2, -0.15) is 0 Å². The summed E-state index contributed by atoms with van der Waals surface area (Å²) in [6.07, 6.45) is 1.85. The Morgan fingerprint density at radius 2 is 2.12 bits per heavy atom. The summed E-state index contributed by atoms with van der Waals surface area (Å²) in [5.41, 5.74) is -0.207. The van der Waals surface area contributed by atoms with Crippen molar-refractivity contribution in [1.29, 1.82) is 0 Å². The lowest BCUT2D eigenvalue weighted by Crippen LogP contribution is -2.51. The van der Waals surface area contributed by atoms with Crippen LogP contribution in [0.2, 0.25) is 0 Å². The van der Waals surface area contributed by atoms with E-state index in [1.165, 1.54) is 6.26 Å². The molecule has 0 saturated carbocycles. The molecule has 1 aromatic heterocycles. The lowest BCUT2D eigenvalue weighted by atomic mass is 9.83. The zero-order valence-corrected chi connectivity index (χ0v) is 15.0. The average Bonchev–Trinajstić information content (AvgIpc) is 2.98. The molecule has 1 aromatic rings. The summed E-state index contributed by atoms with van der Waals surface area (Å²) in [5.74, 6) is 0.436. The second-order valence-corrected chi connectivity index (χ2v) is 7.55. The minimum Gasteiger partial charge on any atom is -0.444 e. The third-order valence-electron chi connectivity index (χ3n) is 4.31. The van der Waals surface area contributed by atoms with Gasteiger partial charge in [-0.15, -0.1) is 0 Å². The number of nitrogens with zero attached hydrogens (tertiary/aromatic N) is 2. The monoisotopic (exact) mass is 337 g/mol. The first-order valence-corrected chi connectivity index (χ1v) is 8.35. The van der Waals surface area contributed by atoms with Crippen LogP contribution in [0.1, 0.15) is 51.5 Å². The maximum atomic E-state index is 12.5. The van der Waals surface area contributed by atoms with Crippen molar-refractivity contribution >= 4 is 12.0 Å². The van der Waals surface area contributed by atoms with Crippen molar-refractivity contribution in [2.45, 2.75) is 52.7 Å². The molecule has 1 saturated heterocycles. The first-order chi connectivity index (χ1) is 11.2. The lowest BCUT2D eigenvalue weighted by molar-refractivity contribution is 0.0395. The largest absolute Gasteiger partial charge is 0.444 e. The summed E-state index contributed by atoms with van der Waals surface area (Å²) in [7, 11) is 0. The van der Waals surface area contributed by atoms with Crippen molar-refractivity contribution in [3.8, 4) is 0 Å². The highest BCUT2D eigenvalue weighted by atomic mass is 16.6. The molecule has 3 atom stereocenters. The summed E-state index contributed by atoms with van der Waals surface area (Å²) < 4.78 is 10.0. The predicted molar refractivity (Wildman–Crippen MR) is 88.5 cm³/mol. The van der Waals surface area contributed by atoms with Gasteiger partial charge in [0, 0.05) is 25.2 Å². The summed E-state index contributed by atoms with van der Waals surface area (Å²) in [4.78, 5) is 26.2. The van der Waals surface area contributed by atoms with Crippen molar-refractivity contribution in [3.05, 3.63) is 18.0 Å². The van der Waals surface area contributed by atoms with Crippen molar-refractivity contribution in [3.63, 3.8) is 0 Å². The molecule has 0 radical (unpaired) electrons. The molecule has 1 aliphatic rings. The molecular formula is C17H27N3O4. The first kappa shape index (κ1) is 18.3. The quantitative estimate of drug-likeness (QED) is 0.916. The number of ether oxygens (including phenoxy) is 1. The highest BCUT2D eigenvalue weighted by Crippen LogP contribution is 2.28. The van der Waals surface area contributed by atoms with Crippen LogP contribution < -0.4 is 5.32 Å². The molecule has 0 bridgehead atoms. The summed E-state index contributed by atoms with van der Waals surface area (Å²) in [6, 6.07) is 1.70. The second-order valence-electron chi connectivity index (χ2n) is 7.55. The van der Waals surface area contributed by atoms with Crippen molar-refractivity contribution < 1.29 is 18.8 Å². The van der Waals surface area contributed by atoms with E-state index in [-0.39, 0.29) is 17.9 Å². The van der Waals surface area contributed by atoms with E-state index in [4.69, 9.17) is 9.26 Å². The molecule has 3 unspecified atom stereocenters. The molecule has 24 heavy (non-hydrogen) atoms. The number of likely N-dealkylation sites (tertiary alicyclic amines) is 1. The Balaban J connectivity index is 1.95. The van der Waals surface area contributed by atoms with Crippen LogP contribution in [0.4, 0.5) is 4.79 Å². The van der Waals surface area contributed by atoms with Crippen LogP contribution in [0.3, 0.4) is 0 Å². The van der Waals surface area contributed by atoms with Crippen LogP contribution in [0, 0.1) is 11.8 Å². The molecule has 1 N–H and O–H groups in total. The molecule has 0 aliphatic carbocycles. The fraction of sp³-hybridized carbons (Fsp3) is 0.706. The number of nitrogens with one attached hydrogen (secondary N) is 1. The minimum absolute atomic E-state index is 0.127. The molecule has 2 heterocycles. The van der Waals surface area contributed by atoms with Crippen molar-refractivity contribution in [2.24, 2.45) is 11.8 Å². The van der Waals surface area contributed by atoms with E-state index in [1.54, 1.807) is 11.0 Å². The predicted octanol–water partition coefficient (Wildman–Crippen LogP) is 2.69. The molecule has 7 heteroatoms. The van der Waals surface area contributed by atoms with Gasteiger partial charge in [0.25, 0.3) is 5.91 Å². The zero-order chi connectivity index (χ0) is 17.9. The highest BCUT2D eigenvalue weighted by Gasteiger charge is 2.35. The van der Waals surface area contributed by atoms with Gasteiger partial charge < -0.3 is 19.5 Å². The Kier molecular flexibility index (Phi) is 5.51. The second kappa shape index (κ2) is 7.23. The van der Waals surface area contributed by atoms with Crippen molar-refractivity contribution in [1.82, 2.24) is 15.4 Å². The maximum absolute atomic E-state index is 12.5. The number of rotatable bonds is 3. The third kappa shape index (κ3) is 4.72. The van der Waals surface area contributed by atoms with Gasteiger partial charge in [0.05, 0.1) is 0 Å². The van der Waals surface area contributed by atoms with Gasteiger partial charge in [0.15, 0.2) is 5.69 Å². The number of hydrogen-bond donors (Lipinski definition) is 1. The smallest absolute Gasteiger partial charge is 0.407 e. The van der Waals surface area contributed by atoms with E-state index in [9.17, 15) is 9.59 Å². The topological polar surface area (TPSA) is 84.7 Å². The number of alkyl carbamates (subject to hydrolysis) is 1. The van der Waals surface area contributed by atoms with Crippen molar-refractivity contribution in [2.75, 3.05) is 13.1 Å². The molecule has 134 valence electrons. The zero-order valence-electron chi connectivity index (χ0n) is 15.0. The van der Waals surface area contributed by atoms with Gasteiger partial charge in [0.2, 0.25) is 0 Å². The number of aromatic nitrogens is 1. The van der Waals surface area contributed by atoms with E-state index in [1.807, 2.05) is 27.7 Å². The standard InChI is InChI=1S/C17H27N3O4/c1-11-8-12(2)20(15(21)14-6-7-23-19-14)10-13(11)9-18-16(22)24-17(3,4)5/h6-7,11-13H,8-10H2,1-5H3,(H,18,22). The summed E-state index contributed by atoms with van der Waals surface area (Å²) in [6.45, 7) is 10.7. The van der Waals surface area contributed by atoms with E-state index >= 15 is 0 Å². The average molecular weight is 337 g/mol. The first-order valence-electron chi connectivity index (χ1n) is 8.35. The fourth-order valence-corrected chi connectivity index (χ4v) is 3.02. The van der Waals surface area contributed by atoms with E-state index in [0.29, 0.717) is 24.7 Å². The SMILES string of the molecule is CC1CC(C)N(C(=O)c2ccon2)CC1CNC(=O)OC(C)(C)C.